The van der Waals surface area contributed by atoms with Gasteiger partial charge in [0.2, 0.25) is 0 Å². The molecule has 29 heavy (non-hydrogen) atoms. The molecular formula is C21H22BrN7. The zero-order valence-electron chi connectivity index (χ0n) is 15.8. The van der Waals surface area contributed by atoms with Gasteiger partial charge in [-0.2, -0.15) is 0 Å². The number of nitrogens with zero attached hydrogens (tertiary/aromatic N) is 4. The summed E-state index contributed by atoms with van der Waals surface area (Å²) in [5.41, 5.74) is 15.7. The number of nitrogens with one attached hydrogen (secondary N) is 1. The first-order valence-corrected chi connectivity index (χ1v) is 10.2. The van der Waals surface area contributed by atoms with Crippen molar-refractivity contribution >= 4 is 33.1 Å². The van der Waals surface area contributed by atoms with Crippen molar-refractivity contribution in [2.45, 2.75) is 18.9 Å². The Morgan fingerprint density at radius 2 is 2.10 bits per heavy atom. The zero-order chi connectivity index (χ0) is 20.4. The predicted octanol–water partition coefficient (Wildman–Crippen LogP) is 3.23. The van der Waals surface area contributed by atoms with Gasteiger partial charge in [0, 0.05) is 42.7 Å². The average Bonchev–Trinajstić information content (AvgIpc) is 2.74. The number of hydrogen-bond donors (Lipinski definition) is 3. The molecule has 3 aromatic rings. The number of rotatable bonds is 4. The van der Waals surface area contributed by atoms with E-state index in [1.165, 1.54) is 0 Å². The van der Waals surface area contributed by atoms with Crippen LogP contribution < -0.4 is 16.4 Å². The Hall–Kier alpha value is -2.84. The van der Waals surface area contributed by atoms with Crippen molar-refractivity contribution in [3.8, 4) is 11.3 Å². The van der Waals surface area contributed by atoms with E-state index in [9.17, 15) is 0 Å². The lowest BCUT2D eigenvalue weighted by Gasteiger charge is -2.32. The average molecular weight is 452 g/mol. The minimum absolute atomic E-state index is 0.137. The van der Waals surface area contributed by atoms with E-state index < -0.39 is 0 Å². The molecular weight excluding hydrogens is 430 g/mol. The van der Waals surface area contributed by atoms with Crippen molar-refractivity contribution in [2.75, 3.05) is 23.7 Å². The monoisotopic (exact) mass is 451 g/mol. The molecule has 5 N–H and O–H groups in total. The van der Waals surface area contributed by atoms with Gasteiger partial charge in [-0.25, -0.2) is 4.98 Å². The number of aromatic nitrogens is 3. The van der Waals surface area contributed by atoms with Crippen LogP contribution >= 0.6 is 15.9 Å². The molecule has 1 aliphatic rings. The van der Waals surface area contributed by atoms with Gasteiger partial charge in [0.05, 0.1) is 33.5 Å². The molecule has 1 saturated heterocycles. The predicted molar refractivity (Wildman–Crippen MR) is 119 cm³/mol. The van der Waals surface area contributed by atoms with Crippen molar-refractivity contribution in [2.24, 2.45) is 5.73 Å². The molecule has 0 amide bonds. The van der Waals surface area contributed by atoms with Crippen LogP contribution in [-0.4, -0.2) is 39.8 Å². The Labute approximate surface area is 177 Å². The molecule has 0 saturated carbocycles. The molecule has 8 heteroatoms. The first kappa shape index (κ1) is 19.5. The van der Waals surface area contributed by atoms with Crippen molar-refractivity contribution in [3.63, 3.8) is 0 Å². The van der Waals surface area contributed by atoms with Gasteiger partial charge in [0.25, 0.3) is 0 Å². The highest BCUT2D eigenvalue weighted by Gasteiger charge is 2.21. The molecule has 1 aliphatic heterocycles. The van der Waals surface area contributed by atoms with Gasteiger partial charge in [-0.05, 0) is 59.1 Å². The van der Waals surface area contributed by atoms with Crippen LogP contribution in [-0.2, 0) is 0 Å². The second kappa shape index (κ2) is 8.26. The fraction of sp³-hybridized carbons (Fsp3) is 0.238. The molecule has 0 aromatic carbocycles. The van der Waals surface area contributed by atoms with Crippen LogP contribution in [0.2, 0.25) is 0 Å². The highest BCUT2D eigenvalue weighted by Crippen LogP contribution is 2.28. The maximum Gasteiger partial charge on any atom is 0.143 e. The van der Waals surface area contributed by atoms with Crippen molar-refractivity contribution < 1.29 is 0 Å². The molecule has 3 aromatic heterocycles. The number of nitrogens with two attached hydrogens (primary N) is 2. The maximum atomic E-state index is 8.75. The number of pyridine rings is 3. The summed E-state index contributed by atoms with van der Waals surface area (Å²) in [6.07, 6.45) is 7.08. The lowest BCUT2D eigenvalue weighted by molar-refractivity contribution is 0.502. The summed E-state index contributed by atoms with van der Waals surface area (Å²) < 4.78 is 0.891. The first-order chi connectivity index (χ1) is 14.0. The van der Waals surface area contributed by atoms with Gasteiger partial charge in [-0.1, -0.05) is 0 Å². The quantitative estimate of drug-likeness (QED) is 0.524. The standard InChI is InChI=1S/C21H22BrN7/c22-16-5-6-18(28-21(16)29-8-2-4-14(23)12-29)20(25)15-9-19(27-11-17(15)24)13-3-1-7-26-10-13/h1,3,5-7,9-11,14,25H,2,4,8,12,23-24H2. The summed E-state index contributed by atoms with van der Waals surface area (Å²) in [4.78, 5) is 15.5. The third kappa shape index (κ3) is 4.13. The van der Waals surface area contributed by atoms with Crippen molar-refractivity contribution in [3.05, 3.63) is 64.7 Å². The number of halogens is 1. The molecule has 0 bridgehead atoms. The van der Waals surface area contributed by atoms with Crippen molar-refractivity contribution in [1.29, 1.82) is 5.41 Å². The smallest absolute Gasteiger partial charge is 0.143 e. The highest BCUT2D eigenvalue weighted by atomic mass is 79.9. The van der Waals surface area contributed by atoms with Gasteiger partial charge < -0.3 is 16.4 Å². The Morgan fingerprint density at radius 1 is 1.24 bits per heavy atom. The molecule has 7 nitrogen and oxygen atoms in total. The van der Waals surface area contributed by atoms with E-state index >= 15 is 0 Å². The molecule has 1 atom stereocenters. The summed E-state index contributed by atoms with van der Waals surface area (Å²) in [6.45, 7) is 1.66. The van der Waals surface area contributed by atoms with Crippen LogP contribution in [0.4, 0.5) is 11.5 Å². The Kier molecular flexibility index (Phi) is 5.55. The third-order valence-corrected chi connectivity index (χ3v) is 5.62. The van der Waals surface area contributed by atoms with E-state index in [1.54, 1.807) is 18.6 Å². The normalized spacial score (nSPS) is 16.6. The van der Waals surface area contributed by atoms with E-state index in [0.717, 1.165) is 41.8 Å². The van der Waals surface area contributed by atoms with Crippen LogP contribution in [0.15, 0.2) is 53.4 Å². The molecule has 1 unspecified atom stereocenters. The van der Waals surface area contributed by atoms with Crippen LogP contribution in [0, 0.1) is 5.41 Å². The van der Waals surface area contributed by atoms with E-state index in [1.807, 2.05) is 30.3 Å². The van der Waals surface area contributed by atoms with Crippen LogP contribution in [0.1, 0.15) is 24.1 Å². The van der Waals surface area contributed by atoms with E-state index in [0.29, 0.717) is 22.6 Å². The van der Waals surface area contributed by atoms with E-state index in [4.69, 9.17) is 21.9 Å². The lowest BCUT2D eigenvalue weighted by atomic mass is 10.0. The SMILES string of the molecule is N=C(c1ccc(Br)c(N2CCCC(N)C2)n1)c1cc(-c2cccnc2)ncc1N. The van der Waals surface area contributed by atoms with E-state index in [2.05, 4.69) is 30.8 Å². The minimum Gasteiger partial charge on any atom is -0.397 e. The molecule has 1 fully saturated rings. The molecule has 4 heterocycles. The van der Waals surface area contributed by atoms with Gasteiger partial charge in [0.15, 0.2) is 0 Å². The Balaban J connectivity index is 1.69. The maximum absolute atomic E-state index is 8.75. The lowest BCUT2D eigenvalue weighted by Crippen LogP contribution is -2.43. The molecule has 0 aliphatic carbocycles. The van der Waals surface area contributed by atoms with Gasteiger partial charge in [-0.3, -0.25) is 15.4 Å². The highest BCUT2D eigenvalue weighted by molar-refractivity contribution is 9.10. The zero-order valence-corrected chi connectivity index (χ0v) is 17.4. The summed E-state index contributed by atoms with van der Waals surface area (Å²) in [5, 5.41) is 8.75. The summed E-state index contributed by atoms with van der Waals surface area (Å²) in [6, 6.07) is 9.47. The summed E-state index contributed by atoms with van der Waals surface area (Å²) in [7, 11) is 0. The van der Waals surface area contributed by atoms with Crippen LogP contribution in [0.25, 0.3) is 11.3 Å². The third-order valence-electron chi connectivity index (χ3n) is 5.00. The Bertz CT molecular complexity index is 1040. The molecule has 4 rings (SSSR count). The number of nitrogen functional groups attached to an aromatic ring is 1. The van der Waals surface area contributed by atoms with Gasteiger partial charge in [-0.15, -0.1) is 0 Å². The second-order valence-electron chi connectivity index (χ2n) is 7.12. The minimum atomic E-state index is 0.137. The van der Waals surface area contributed by atoms with Gasteiger partial charge in [0.1, 0.15) is 5.82 Å². The van der Waals surface area contributed by atoms with Crippen LogP contribution in [0.3, 0.4) is 0 Å². The second-order valence-corrected chi connectivity index (χ2v) is 7.98. The molecule has 0 spiro atoms. The van der Waals surface area contributed by atoms with Crippen LogP contribution in [0.5, 0.6) is 0 Å². The number of piperidine rings is 1. The van der Waals surface area contributed by atoms with Gasteiger partial charge >= 0.3 is 0 Å². The largest absolute Gasteiger partial charge is 0.397 e. The summed E-state index contributed by atoms with van der Waals surface area (Å²) >= 11 is 3.59. The molecule has 0 radical (unpaired) electrons. The fourth-order valence-electron chi connectivity index (χ4n) is 3.49. The van der Waals surface area contributed by atoms with Crippen molar-refractivity contribution in [1.82, 2.24) is 15.0 Å². The van der Waals surface area contributed by atoms with E-state index in [-0.39, 0.29) is 11.8 Å². The first-order valence-electron chi connectivity index (χ1n) is 9.45. The molecule has 148 valence electrons. The topological polar surface area (TPSA) is 118 Å². The number of hydrogen-bond acceptors (Lipinski definition) is 7. The fourth-order valence-corrected chi connectivity index (χ4v) is 3.96. The number of anilines is 2. The Morgan fingerprint density at radius 3 is 2.86 bits per heavy atom. The summed E-state index contributed by atoms with van der Waals surface area (Å²) in [5.74, 6) is 0.808.